The fourth-order valence-corrected chi connectivity index (χ4v) is 1.31. The number of nitrogens with zero attached hydrogens (tertiary/aromatic N) is 1. The van der Waals surface area contributed by atoms with E-state index in [1.54, 1.807) is 0 Å². The summed E-state index contributed by atoms with van der Waals surface area (Å²) in [5.41, 5.74) is 4.65. The van der Waals surface area contributed by atoms with Crippen LogP contribution in [-0.4, -0.2) is 11.3 Å². The van der Waals surface area contributed by atoms with Crippen LogP contribution in [0, 0.1) is 0 Å². The average molecular weight is 221 g/mol. The van der Waals surface area contributed by atoms with Gasteiger partial charge >= 0.3 is 0 Å². The molecule has 0 saturated carbocycles. The lowest BCUT2D eigenvalue weighted by molar-refractivity contribution is 0.110. The maximum absolute atomic E-state index is 12.5. The zero-order chi connectivity index (χ0) is 10.7. The molecule has 1 aromatic heterocycles. The fourth-order valence-electron chi connectivity index (χ4n) is 1.10. The average Bonchev–Trinajstić information content (AvgIpc) is 2.15. The van der Waals surface area contributed by atoms with Crippen molar-refractivity contribution in [3.8, 4) is 0 Å². The Morgan fingerprint density at radius 1 is 1.64 bits per heavy atom. The van der Waals surface area contributed by atoms with E-state index in [0.29, 0.717) is 6.29 Å². The molecule has 0 fully saturated rings. The molecule has 6 heteroatoms. The standard InChI is InChI=1S/C8H7ClF2N2O/c9-2-5-7(8(10)11)4(3-14)1-6(12)13-5/h1,3,8H,2H2,(H2,12,13). The van der Waals surface area contributed by atoms with Gasteiger partial charge in [-0.2, -0.15) is 0 Å². The molecule has 3 nitrogen and oxygen atoms in total. The van der Waals surface area contributed by atoms with Crippen LogP contribution in [0.3, 0.4) is 0 Å². The first-order chi connectivity index (χ1) is 6.60. The highest BCUT2D eigenvalue weighted by Crippen LogP contribution is 2.27. The largest absolute Gasteiger partial charge is 0.384 e. The zero-order valence-electron chi connectivity index (χ0n) is 7.01. The van der Waals surface area contributed by atoms with Crippen molar-refractivity contribution < 1.29 is 13.6 Å². The van der Waals surface area contributed by atoms with Gasteiger partial charge in [-0.25, -0.2) is 13.8 Å². The third kappa shape index (κ3) is 1.98. The molecule has 1 heterocycles. The van der Waals surface area contributed by atoms with E-state index in [0.717, 1.165) is 6.07 Å². The third-order valence-electron chi connectivity index (χ3n) is 1.66. The smallest absolute Gasteiger partial charge is 0.266 e. The van der Waals surface area contributed by atoms with Crippen LogP contribution in [0.1, 0.15) is 28.0 Å². The molecule has 0 atom stereocenters. The summed E-state index contributed by atoms with van der Waals surface area (Å²) >= 11 is 5.41. The molecule has 76 valence electrons. The summed E-state index contributed by atoms with van der Waals surface area (Å²) in [6.07, 6.45) is -2.47. The van der Waals surface area contributed by atoms with Gasteiger partial charge in [0.25, 0.3) is 6.43 Å². The van der Waals surface area contributed by atoms with Crippen molar-refractivity contribution in [2.75, 3.05) is 5.73 Å². The topological polar surface area (TPSA) is 56.0 Å². The van der Waals surface area contributed by atoms with E-state index in [4.69, 9.17) is 17.3 Å². The number of carbonyl (C=O) groups excluding carboxylic acids is 1. The molecule has 0 bridgehead atoms. The summed E-state index contributed by atoms with van der Waals surface area (Å²) < 4.78 is 25.0. The van der Waals surface area contributed by atoms with Crippen molar-refractivity contribution in [3.63, 3.8) is 0 Å². The van der Waals surface area contributed by atoms with Gasteiger partial charge in [-0.15, -0.1) is 11.6 Å². The number of aromatic nitrogens is 1. The molecular formula is C8H7ClF2N2O. The SMILES string of the molecule is Nc1cc(C=O)c(C(F)F)c(CCl)n1. The van der Waals surface area contributed by atoms with Crippen LogP contribution in [-0.2, 0) is 5.88 Å². The summed E-state index contributed by atoms with van der Waals surface area (Å²) in [6.45, 7) is 0. The monoisotopic (exact) mass is 220 g/mol. The maximum Gasteiger partial charge on any atom is 0.266 e. The van der Waals surface area contributed by atoms with E-state index < -0.39 is 12.0 Å². The van der Waals surface area contributed by atoms with Crippen molar-refractivity contribution in [2.45, 2.75) is 12.3 Å². The lowest BCUT2D eigenvalue weighted by Crippen LogP contribution is -2.05. The van der Waals surface area contributed by atoms with Gasteiger partial charge < -0.3 is 5.73 Å². The highest BCUT2D eigenvalue weighted by atomic mass is 35.5. The number of pyridine rings is 1. The first kappa shape index (κ1) is 10.8. The number of hydrogen-bond acceptors (Lipinski definition) is 3. The molecule has 0 spiro atoms. The Hall–Kier alpha value is -1.23. The molecule has 0 saturated heterocycles. The summed E-state index contributed by atoms with van der Waals surface area (Å²) in [5, 5.41) is 0. The van der Waals surface area contributed by atoms with Crippen LogP contribution in [0.4, 0.5) is 14.6 Å². The van der Waals surface area contributed by atoms with E-state index in [9.17, 15) is 13.6 Å². The lowest BCUT2D eigenvalue weighted by Gasteiger charge is -2.08. The number of carbonyl (C=O) groups is 1. The molecule has 0 aliphatic rings. The highest BCUT2D eigenvalue weighted by Gasteiger charge is 2.19. The third-order valence-corrected chi connectivity index (χ3v) is 1.91. The minimum Gasteiger partial charge on any atom is -0.384 e. The van der Waals surface area contributed by atoms with Crippen LogP contribution < -0.4 is 5.73 Å². The minimum atomic E-state index is -2.78. The number of anilines is 1. The van der Waals surface area contributed by atoms with Gasteiger partial charge in [0.15, 0.2) is 6.29 Å². The Morgan fingerprint density at radius 3 is 2.71 bits per heavy atom. The van der Waals surface area contributed by atoms with E-state index >= 15 is 0 Å². The van der Waals surface area contributed by atoms with E-state index in [1.165, 1.54) is 0 Å². The summed E-state index contributed by atoms with van der Waals surface area (Å²) in [7, 11) is 0. The maximum atomic E-state index is 12.5. The number of halogens is 3. The van der Waals surface area contributed by atoms with Crippen LogP contribution in [0.5, 0.6) is 0 Å². The van der Waals surface area contributed by atoms with Crippen molar-refractivity contribution in [2.24, 2.45) is 0 Å². The second kappa shape index (κ2) is 4.32. The molecule has 14 heavy (non-hydrogen) atoms. The van der Waals surface area contributed by atoms with E-state index in [-0.39, 0.29) is 23.0 Å². The number of aldehydes is 1. The van der Waals surface area contributed by atoms with Crippen molar-refractivity contribution in [1.82, 2.24) is 4.98 Å². The molecule has 2 N–H and O–H groups in total. The normalized spacial score (nSPS) is 10.6. The fraction of sp³-hybridized carbons (Fsp3) is 0.250. The van der Waals surface area contributed by atoms with Crippen molar-refractivity contribution >= 4 is 23.7 Å². The van der Waals surface area contributed by atoms with Gasteiger partial charge in [-0.1, -0.05) is 0 Å². The number of hydrogen-bond donors (Lipinski definition) is 1. The van der Waals surface area contributed by atoms with Crippen molar-refractivity contribution in [3.05, 3.63) is 22.9 Å². The Labute approximate surface area is 83.9 Å². The number of nitrogen functional groups attached to an aromatic ring is 1. The Bertz CT molecular complexity index is 357. The molecule has 0 radical (unpaired) electrons. The minimum absolute atomic E-state index is 0.00662. The van der Waals surface area contributed by atoms with E-state index in [1.807, 2.05) is 0 Å². The van der Waals surface area contributed by atoms with Crippen LogP contribution >= 0.6 is 11.6 Å². The van der Waals surface area contributed by atoms with Gasteiger partial charge in [-0.3, -0.25) is 4.79 Å². The second-order valence-corrected chi connectivity index (χ2v) is 2.82. The van der Waals surface area contributed by atoms with Crippen LogP contribution in [0.25, 0.3) is 0 Å². The number of rotatable bonds is 3. The molecule has 0 aliphatic carbocycles. The molecule has 1 aromatic rings. The number of alkyl halides is 3. The molecule has 1 rings (SSSR count). The Balaban J connectivity index is 3.40. The Morgan fingerprint density at radius 2 is 2.29 bits per heavy atom. The zero-order valence-corrected chi connectivity index (χ0v) is 7.76. The highest BCUT2D eigenvalue weighted by molar-refractivity contribution is 6.17. The predicted octanol–water partition coefficient (Wildman–Crippen LogP) is 2.15. The van der Waals surface area contributed by atoms with Gasteiger partial charge in [0.05, 0.1) is 17.1 Å². The molecule has 0 aliphatic heterocycles. The molecular weight excluding hydrogens is 214 g/mol. The molecule has 0 aromatic carbocycles. The summed E-state index contributed by atoms with van der Waals surface area (Å²) in [5.74, 6) is -0.196. The van der Waals surface area contributed by atoms with Gasteiger partial charge in [-0.05, 0) is 6.07 Å². The van der Waals surface area contributed by atoms with Gasteiger partial charge in [0, 0.05) is 5.56 Å². The Kier molecular flexibility index (Phi) is 3.35. The molecule has 0 amide bonds. The van der Waals surface area contributed by atoms with Gasteiger partial charge in [0.2, 0.25) is 0 Å². The summed E-state index contributed by atoms with van der Waals surface area (Å²) in [4.78, 5) is 14.1. The quantitative estimate of drug-likeness (QED) is 0.627. The second-order valence-electron chi connectivity index (χ2n) is 2.55. The van der Waals surface area contributed by atoms with Crippen LogP contribution in [0.15, 0.2) is 6.07 Å². The summed E-state index contributed by atoms with van der Waals surface area (Å²) in [6, 6.07) is 1.10. The first-order valence-electron chi connectivity index (χ1n) is 3.68. The van der Waals surface area contributed by atoms with Crippen LogP contribution in [0.2, 0.25) is 0 Å². The van der Waals surface area contributed by atoms with Crippen molar-refractivity contribution in [1.29, 1.82) is 0 Å². The first-order valence-corrected chi connectivity index (χ1v) is 4.22. The van der Waals surface area contributed by atoms with E-state index in [2.05, 4.69) is 4.98 Å². The molecule has 0 unspecified atom stereocenters. The number of nitrogens with two attached hydrogens (primary N) is 1. The predicted molar refractivity (Wildman–Crippen MR) is 48.6 cm³/mol. The van der Waals surface area contributed by atoms with Gasteiger partial charge in [0.1, 0.15) is 5.82 Å². The lowest BCUT2D eigenvalue weighted by atomic mass is 10.1.